The summed E-state index contributed by atoms with van der Waals surface area (Å²) >= 11 is 0. The zero-order valence-electron chi connectivity index (χ0n) is 11.7. The van der Waals surface area contributed by atoms with Crippen molar-refractivity contribution in [3.8, 4) is 0 Å². The maximum absolute atomic E-state index is 5.95. The number of nitrogens with two attached hydrogens (primary N) is 1. The van der Waals surface area contributed by atoms with Crippen molar-refractivity contribution in [2.75, 3.05) is 13.2 Å². The van der Waals surface area contributed by atoms with Crippen LogP contribution in [0, 0.1) is 0 Å². The van der Waals surface area contributed by atoms with Gasteiger partial charge in [-0.3, -0.25) is 0 Å². The van der Waals surface area contributed by atoms with Gasteiger partial charge >= 0.3 is 0 Å². The van der Waals surface area contributed by atoms with Crippen LogP contribution in [0.25, 0.3) is 0 Å². The molecule has 2 unspecified atom stereocenters. The number of hydrogen-bond acceptors (Lipinski definition) is 6. The topological polar surface area (TPSA) is 83.4 Å². The van der Waals surface area contributed by atoms with Gasteiger partial charge in [0.05, 0.1) is 31.3 Å². The Hall–Kier alpha value is -0.980. The fourth-order valence-electron chi connectivity index (χ4n) is 2.04. The van der Waals surface area contributed by atoms with Gasteiger partial charge in [0, 0.05) is 6.61 Å². The predicted octanol–water partition coefficient (Wildman–Crippen LogP) is 1.61. The van der Waals surface area contributed by atoms with Crippen LogP contribution in [-0.2, 0) is 15.9 Å². The predicted molar refractivity (Wildman–Crippen MR) is 69.6 cm³/mol. The third kappa shape index (κ3) is 4.56. The van der Waals surface area contributed by atoms with Crippen molar-refractivity contribution in [2.24, 2.45) is 5.73 Å². The zero-order chi connectivity index (χ0) is 13.7. The number of rotatable bonds is 6. The average molecular weight is 269 g/mol. The number of nitrogens with zero attached hydrogens (tertiary/aromatic N) is 2. The molecule has 0 spiro atoms. The van der Waals surface area contributed by atoms with Gasteiger partial charge in [0.2, 0.25) is 5.89 Å². The van der Waals surface area contributed by atoms with Crippen molar-refractivity contribution < 1.29 is 14.0 Å². The molecule has 2 N–H and O–H groups in total. The Balaban J connectivity index is 1.83. The van der Waals surface area contributed by atoms with Crippen molar-refractivity contribution >= 4 is 0 Å². The third-order valence-electron chi connectivity index (χ3n) is 3.10. The van der Waals surface area contributed by atoms with Gasteiger partial charge in [0.1, 0.15) is 0 Å². The van der Waals surface area contributed by atoms with E-state index in [0.717, 1.165) is 19.4 Å². The smallest absolute Gasteiger partial charge is 0.229 e. The van der Waals surface area contributed by atoms with Gasteiger partial charge in [-0.1, -0.05) is 5.16 Å². The fraction of sp³-hybridized carbons (Fsp3) is 0.846. The SMILES string of the molecule is CC(C)OCC(N)c1noc(CC2CCCCO2)n1. The molecule has 19 heavy (non-hydrogen) atoms. The van der Waals surface area contributed by atoms with Gasteiger partial charge in [0.25, 0.3) is 0 Å². The van der Waals surface area contributed by atoms with E-state index in [2.05, 4.69) is 10.1 Å². The van der Waals surface area contributed by atoms with Crippen LogP contribution in [0.3, 0.4) is 0 Å². The monoisotopic (exact) mass is 269 g/mol. The van der Waals surface area contributed by atoms with Crippen LogP contribution in [0.15, 0.2) is 4.52 Å². The summed E-state index contributed by atoms with van der Waals surface area (Å²) in [6.45, 7) is 5.16. The Labute approximate surface area is 113 Å². The molecular weight excluding hydrogens is 246 g/mol. The second-order valence-electron chi connectivity index (χ2n) is 5.23. The highest BCUT2D eigenvalue weighted by molar-refractivity contribution is 4.94. The molecule has 0 saturated carbocycles. The minimum absolute atomic E-state index is 0.146. The summed E-state index contributed by atoms with van der Waals surface area (Å²) in [5, 5.41) is 3.91. The Kier molecular flexibility index (Phi) is 5.30. The number of aromatic nitrogens is 2. The molecule has 1 aliphatic heterocycles. The summed E-state index contributed by atoms with van der Waals surface area (Å²) in [5.41, 5.74) is 5.95. The van der Waals surface area contributed by atoms with E-state index in [1.54, 1.807) is 0 Å². The minimum Gasteiger partial charge on any atom is -0.378 e. The van der Waals surface area contributed by atoms with Crippen LogP contribution in [0.2, 0.25) is 0 Å². The molecule has 0 radical (unpaired) electrons. The molecule has 1 fully saturated rings. The maximum atomic E-state index is 5.95. The average Bonchev–Trinajstić information content (AvgIpc) is 2.85. The van der Waals surface area contributed by atoms with Crippen LogP contribution in [-0.4, -0.2) is 35.6 Å². The molecule has 1 aromatic rings. The first kappa shape index (κ1) is 14.4. The quantitative estimate of drug-likeness (QED) is 0.844. The van der Waals surface area contributed by atoms with E-state index in [4.69, 9.17) is 19.7 Å². The summed E-state index contributed by atoms with van der Waals surface area (Å²) in [5.74, 6) is 1.10. The van der Waals surface area contributed by atoms with Crippen molar-refractivity contribution in [1.29, 1.82) is 0 Å². The van der Waals surface area contributed by atoms with Gasteiger partial charge in [-0.25, -0.2) is 0 Å². The van der Waals surface area contributed by atoms with Crippen molar-refractivity contribution in [3.63, 3.8) is 0 Å². The molecule has 1 saturated heterocycles. The first-order valence-corrected chi connectivity index (χ1v) is 6.96. The molecule has 2 heterocycles. The molecule has 0 amide bonds. The van der Waals surface area contributed by atoms with Gasteiger partial charge in [0.15, 0.2) is 5.82 Å². The van der Waals surface area contributed by atoms with E-state index in [1.165, 1.54) is 6.42 Å². The Morgan fingerprint density at radius 2 is 2.26 bits per heavy atom. The minimum atomic E-state index is -0.341. The van der Waals surface area contributed by atoms with Crippen molar-refractivity contribution in [3.05, 3.63) is 11.7 Å². The first-order chi connectivity index (χ1) is 9.15. The molecule has 6 heteroatoms. The lowest BCUT2D eigenvalue weighted by Gasteiger charge is -2.20. The van der Waals surface area contributed by atoms with Crippen LogP contribution < -0.4 is 5.73 Å². The molecule has 0 bridgehead atoms. The zero-order valence-corrected chi connectivity index (χ0v) is 11.7. The largest absolute Gasteiger partial charge is 0.378 e. The summed E-state index contributed by atoms with van der Waals surface area (Å²) in [7, 11) is 0. The molecule has 6 nitrogen and oxygen atoms in total. The van der Waals surface area contributed by atoms with Gasteiger partial charge < -0.3 is 19.7 Å². The summed E-state index contributed by atoms with van der Waals surface area (Å²) in [6, 6.07) is -0.341. The lowest BCUT2D eigenvalue weighted by molar-refractivity contribution is 0.0124. The molecule has 108 valence electrons. The summed E-state index contributed by atoms with van der Waals surface area (Å²) in [6.07, 6.45) is 4.42. The molecular formula is C13H23N3O3. The fourth-order valence-corrected chi connectivity index (χ4v) is 2.04. The maximum Gasteiger partial charge on any atom is 0.229 e. The molecule has 1 aromatic heterocycles. The summed E-state index contributed by atoms with van der Waals surface area (Å²) in [4.78, 5) is 4.32. The van der Waals surface area contributed by atoms with Crippen LogP contribution in [0.4, 0.5) is 0 Å². The molecule has 0 aromatic carbocycles. The van der Waals surface area contributed by atoms with Crippen molar-refractivity contribution in [1.82, 2.24) is 10.1 Å². The second kappa shape index (κ2) is 6.98. The van der Waals surface area contributed by atoms with Gasteiger partial charge in [-0.15, -0.1) is 0 Å². The lowest BCUT2D eigenvalue weighted by atomic mass is 10.1. The van der Waals surface area contributed by atoms with Gasteiger partial charge in [-0.2, -0.15) is 4.98 Å². The molecule has 1 aliphatic rings. The second-order valence-corrected chi connectivity index (χ2v) is 5.23. The Bertz CT molecular complexity index is 375. The standard InChI is InChI=1S/C13H23N3O3/c1-9(2)18-8-11(14)13-15-12(19-16-13)7-10-5-3-4-6-17-10/h9-11H,3-8,14H2,1-2H3. The van der Waals surface area contributed by atoms with Crippen molar-refractivity contribution in [2.45, 2.75) is 57.8 Å². The van der Waals surface area contributed by atoms with E-state index in [-0.39, 0.29) is 18.2 Å². The highest BCUT2D eigenvalue weighted by Crippen LogP contribution is 2.17. The first-order valence-electron chi connectivity index (χ1n) is 6.96. The number of hydrogen-bond donors (Lipinski definition) is 1. The lowest BCUT2D eigenvalue weighted by Crippen LogP contribution is -2.22. The van der Waals surface area contributed by atoms with E-state index < -0.39 is 0 Å². The van der Waals surface area contributed by atoms with Crippen LogP contribution in [0.1, 0.15) is 50.9 Å². The molecule has 2 atom stereocenters. The number of ether oxygens (including phenoxy) is 2. The highest BCUT2D eigenvalue weighted by Gasteiger charge is 2.20. The summed E-state index contributed by atoms with van der Waals surface area (Å²) < 4.78 is 16.3. The van der Waals surface area contributed by atoms with Gasteiger partial charge in [-0.05, 0) is 33.1 Å². The van der Waals surface area contributed by atoms with Crippen LogP contribution in [0.5, 0.6) is 0 Å². The van der Waals surface area contributed by atoms with E-state index in [9.17, 15) is 0 Å². The Morgan fingerprint density at radius 3 is 2.95 bits per heavy atom. The Morgan fingerprint density at radius 1 is 1.42 bits per heavy atom. The normalized spacial score (nSPS) is 21.8. The molecule has 0 aliphatic carbocycles. The van der Waals surface area contributed by atoms with E-state index in [1.807, 2.05) is 13.8 Å². The van der Waals surface area contributed by atoms with E-state index >= 15 is 0 Å². The van der Waals surface area contributed by atoms with E-state index in [0.29, 0.717) is 24.7 Å². The van der Waals surface area contributed by atoms with Crippen LogP contribution >= 0.6 is 0 Å². The third-order valence-corrected chi connectivity index (χ3v) is 3.10. The highest BCUT2D eigenvalue weighted by atomic mass is 16.5. The molecule has 2 rings (SSSR count).